The summed E-state index contributed by atoms with van der Waals surface area (Å²) in [5.74, 6) is -0.177. The topological polar surface area (TPSA) is 95.5 Å². The van der Waals surface area contributed by atoms with Crippen molar-refractivity contribution >= 4 is 23.4 Å². The molecule has 0 aliphatic carbocycles. The second kappa shape index (κ2) is 8.41. The van der Waals surface area contributed by atoms with Gasteiger partial charge < -0.3 is 25.4 Å². The van der Waals surface area contributed by atoms with E-state index in [4.69, 9.17) is 0 Å². The van der Waals surface area contributed by atoms with Crippen molar-refractivity contribution in [3.63, 3.8) is 0 Å². The second-order valence-corrected chi connectivity index (χ2v) is 8.48. The maximum Gasteiger partial charge on any atom is 0.321 e. The van der Waals surface area contributed by atoms with Gasteiger partial charge >= 0.3 is 12.1 Å². The van der Waals surface area contributed by atoms with E-state index in [-0.39, 0.29) is 41.0 Å². The molecule has 2 atom stereocenters. The first-order valence-corrected chi connectivity index (χ1v) is 10.4. The summed E-state index contributed by atoms with van der Waals surface area (Å²) >= 11 is 0. The van der Waals surface area contributed by atoms with E-state index in [0.717, 1.165) is 12.1 Å². The number of anilines is 2. The van der Waals surface area contributed by atoms with Gasteiger partial charge in [0, 0.05) is 43.0 Å². The third-order valence-corrected chi connectivity index (χ3v) is 5.65. The summed E-state index contributed by atoms with van der Waals surface area (Å²) in [4.78, 5) is 39.4. The number of hydrogen-bond acceptors (Lipinski definition) is 3. The Hall–Kier alpha value is -3.36. The van der Waals surface area contributed by atoms with Crippen molar-refractivity contribution in [3.05, 3.63) is 58.3 Å². The first-order chi connectivity index (χ1) is 14.8. The van der Waals surface area contributed by atoms with Crippen LogP contribution in [0.2, 0.25) is 0 Å². The number of carbonyl (C=O) groups is 2. The number of fused-ring (bicyclic) bond motifs is 4. The summed E-state index contributed by atoms with van der Waals surface area (Å²) in [6, 6.07) is 8.46. The highest BCUT2D eigenvalue weighted by molar-refractivity contribution is 5.90. The van der Waals surface area contributed by atoms with Crippen LogP contribution >= 0.6 is 0 Å². The van der Waals surface area contributed by atoms with Gasteiger partial charge in [-0.25, -0.2) is 14.0 Å². The van der Waals surface area contributed by atoms with Crippen molar-refractivity contribution < 1.29 is 14.0 Å². The van der Waals surface area contributed by atoms with Gasteiger partial charge in [0.1, 0.15) is 11.5 Å². The van der Waals surface area contributed by atoms with Crippen LogP contribution in [-0.2, 0) is 6.54 Å². The van der Waals surface area contributed by atoms with Gasteiger partial charge in [-0.2, -0.15) is 0 Å². The number of carbonyl (C=O) groups excluding carboxylic acids is 2. The van der Waals surface area contributed by atoms with Gasteiger partial charge in [0.15, 0.2) is 0 Å². The average Bonchev–Trinajstić information content (AvgIpc) is 2.71. The SMILES string of the molecule is CC(C)NC(=O)Nc1ccc2n(c1=O)C[C@@H]1C[C@@H]2CN(C(=O)Nc2ccc(F)cc2)C1. The van der Waals surface area contributed by atoms with Crippen LogP contribution in [0.5, 0.6) is 0 Å². The molecule has 8 nitrogen and oxygen atoms in total. The Kier molecular flexibility index (Phi) is 5.67. The van der Waals surface area contributed by atoms with Crippen molar-refractivity contribution in [1.29, 1.82) is 0 Å². The lowest BCUT2D eigenvalue weighted by molar-refractivity contribution is 0.139. The molecule has 2 bridgehead atoms. The van der Waals surface area contributed by atoms with Crippen molar-refractivity contribution in [1.82, 2.24) is 14.8 Å². The van der Waals surface area contributed by atoms with Crippen molar-refractivity contribution in [2.45, 2.75) is 38.8 Å². The maximum absolute atomic E-state index is 13.1. The van der Waals surface area contributed by atoms with E-state index >= 15 is 0 Å². The second-order valence-electron chi connectivity index (χ2n) is 8.48. The van der Waals surface area contributed by atoms with E-state index in [1.807, 2.05) is 19.9 Å². The number of benzene rings is 1. The van der Waals surface area contributed by atoms with Crippen LogP contribution in [0.1, 0.15) is 31.9 Å². The normalized spacial score (nSPS) is 19.5. The fraction of sp³-hybridized carbons (Fsp3) is 0.409. The van der Waals surface area contributed by atoms with Crippen LogP contribution in [-0.4, -0.2) is 40.7 Å². The molecule has 0 radical (unpaired) electrons. The van der Waals surface area contributed by atoms with Crippen LogP contribution < -0.4 is 21.5 Å². The van der Waals surface area contributed by atoms with E-state index in [0.29, 0.717) is 25.3 Å². The number of likely N-dealkylation sites (tertiary alicyclic amines) is 1. The molecule has 0 unspecified atom stereocenters. The molecule has 164 valence electrons. The zero-order chi connectivity index (χ0) is 22.1. The molecule has 0 spiro atoms. The van der Waals surface area contributed by atoms with Gasteiger partial charge in [0.05, 0.1) is 0 Å². The largest absolute Gasteiger partial charge is 0.336 e. The fourth-order valence-electron chi connectivity index (χ4n) is 4.36. The number of nitrogens with zero attached hydrogens (tertiary/aromatic N) is 2. The minimum absolute atomic E-state index is 0.0354. The number of rotatable bonds is 3. The third-order valence-electron chi connectivity index (χ3n) is 5.65. The number of hydrogen-bond donors (Lipinski definition) is 3. The molecule has 9 heteroatoms. The monoisotopic (exact) mass is 427 g/mol. The predicted octanol–water partition coefficient (Wildman–Crippen LogP) is 3.17. The van der Waals surface area contributed by atoms with Crippen LogP contribution in [0.25, 0.3) is 0 Å². The Balaban J connectivity index is 1.49. The lowest BCUT2D eigenvalue weighted by Crippen LogP contribution is -2.50. The molecule has 1 aromatic heterocycles. The molecule has 3 N–H and O–H groups in total. The molecule has 2 aliphatic heterocycles. The van der Waals surface area contributed by atoms with Gasteiger partial charge in [-0.05, 0) is 62.6 Å². The number of pyridine rings is 1. The molecule has 1 fully saturated rings. The molecule has 31 heavy (non-hydrogen) atoms. The number of halogens is 1. The Labute approximate surface area is 179 Å². The van der Waals surface area contributed by atoms with Gasteiger partial charge in [0.2, 0.25) is 0 Å². The highest BCUT2D eigenvalue weighted by atomic mass is 19.1. The van der Waals surface area contributed by atoms with Gasteiger partial charge in [-0.1, -0.05) is 0 Å². The number of piperidine rings is 1. The smallest absolute Gasteiger partial charge is 0.321 e. The first kappa shape index (κ1) is 20.9. The van der Waals surface area contributed by atoms with Gasteiger partial charge in [-0.3, -0.25) is 4.79 Å². The summed E-state index contributed by atoms with van der Waals surface area (Å²) < 4.78 is 14.8. The van der Waals surface area contributed by atoms with E-state index in [9.17, 15) is 18.8 Å². The molecular formula is C22H26FN5O3. The lowest BCUT2D eigenvalue weighted by Gasteiger charge is -2.42. The zero-order valence-corrected chi connectivity index (χ0v) is 17.5. The fourth-order valence-corrected chi connectivity index (χ4v) is 4.36. The van der Waals surface area contributed by atoms with Crippen molar-refractivity contribution in [2.24, 2.45) is 5.92 Å². The Morgan fingerprint density at radius 3 is 2.48 bits per heavy atom. The molecular weight excluding hydrogens is 401 g/mol. The highest BCUT2D eigenvalue weighted by Gasteiger charge is 2.36. The third kappa shape index (κ3) is 4.55. The van der Waals surface area contributed by atoms with E-state index in [1.54, 1.807) is 15.5 Å². The molecule has 4 amide bonds. The average molecular weight is 427 g/mol. The Morgan fingerprint density at radius 1 is 1.03 bits per heavy atom. The summed E-state index contributed by atoms with van der Waals surface area (Å²) in [5, 5.41) is 8.15. The minimum atomic E-state index is -0.410. The number of urea groups is 2. The van der Waals surface area contributed by atoms with Crippen LogP contribution in [0.15, 0.2) is 41.2 Å². The summed E-state index contributed by atoms with van der Waals surface area (Å²) in [6.45, 7) is 5.20. The molecule has 3 heterocycles. The van der Waals surface area contributed by atoms with Gasteiger partial charge in [-0.15, -0.1) is 0 Å². The number of amides is 4. The van der Waals surface area contributed by atoms with Crippen molar-refractivity contribution in [2.75, 3.05) is 23.7 Å². The van der Waals surface area contributed by atoms with Gasteiger partial charge in [0.25, 0.3) is 5.56 Å². The number of aromatic nitrogens is 1. The molecule has 1 saturated heterocycles. The van der Waals surface area contributed by atoms with E-state index in [2.05, 4.69) is 16.0 Å². The van der Waals surface area contributed by atoms with E-state index < -0.39 is 6.03 Å². The predicted molar refractivity (Wildman–Crippen MR) is 116 cm³/mol. The van der Waals surface area contributed by atoms with Crippen molar-refractivity contribution in [3.8, 4) is 0 Å². The quantitative estimate of drug-likeness (QED) is 0.702. The van der Waals surface area contributed by atoms with Crippen LogP contribution in [0.3, 0.4) is 0 Å². The lowest BCUT2D eigenvalue weighted by atomic mass is 9.83. The maximum atomic E-state index is 13.1. The van der Waals surface area contributed by atoms with E-state index in [1.165, 1.54) is 24.3 Å². The summed E-state index contributed by atoms with van der Waals surface area (Å²) in [5.41, 5.74) is 1.42. The summed E-state index contributed by atoms with van der Waals surface area (Å²) in [6.07, 6.45) is 0.903. The first-order valence-electron chi connectivity index (χ1n) is 10.4. The molecule has 4 rings (SSSR count). The number of nitrogens with one attached hydrogen (secondary N) is 3. The van der Waals surface area contributed by atoms with Crippen LogP contribution in [0.4, 0.5) is 25.4 Å². The zero-order valence-electron chi connectivity index (χ0n) is 17.5. The molecule has 1 aromatic carbocycles. The molecule has 2 aliphatic rings. The summed E-state index contributed by atoms with van der Waals surface area (Å²) in [7, 11) is 0. The molecule has 2 aromatic rings. The highest BCUT2D eigenvalue weighted by Crippen LogP contribution is 2.35. The standard InChI is InChI=1S/C22H26FN5O3/c1-13(2)24-21(30)26-18-7-8-19-15-9-14(11-28(19)20(18)29)10-27(12-15)22(31)25-17-5-3-16(23)4-6-17/h3-8,13-15H,9-12H2,1-2H3,(H,25,31)(H2,24,26,30)/t14-,15-/m1/s1. The van der Waals surface area contributed by atoms with Crippen LogP contribution in [0, 0.1) is 11.7 Å². The Bertz CT molecular complexity index is 1050. The molecule has 0 saturated carbocycles. The Morgan fingerprint density at radius 2 is 1.77 bits per heavy atom. The minimum Gasteiger partial charge on any atom is -0.336 e.